The monoisotopic (exact) mass is 604 g/mol. The predicted molar refractivity (Wildman–Crippen MR) is 160 cm³/mol. The van der Waals surface area contributed by atoms with Crippen molar-refractivity contribution in [3.8, 4) is 0 Å². The molecule has 4 saturated carbocycles. The lowest BCUT2D eigenvalue weighted by Crippen LogP contribution is -2.67. The Kier molecular flexibility index (Phi) is 8.59. The summed E-state index contributed by atoms with van der Waals surface area (Å²) < 4.78 is 18.4. The Balaban J connectivity index is 1.55. The van der Waals surface area contributed by atoms with E-state index in [4.69, 9.17) is 14.2 Å². The Morgan fingerprint density at radius 1 is 1.07 bits per heavy atom. The molecule has 5 rings (SSSR count). The third-order valence-corrected chi connectivity index (χ3v) is 13.3. The molecule has 0 radical (unpaired) electrons. The first-order valence-corrected chi connectivity index (χ1v) is 16.9. The van der Waals surface area contributed by atoms with E-state index in [0.29, 0.717) is 25.7 Å². The van der Waals surface area contributed by atoms with Crippen LogP contribution in [0.2, 0.25) is 0 Å². The fourth-order valence-electron chi connectivity index (χ4n) is 10.5. The molecule has 2 N–H and O–H groups in total. The first kappa shape index (κ1) is 32.7. The average molecular weight is 605 g/mol. The summed E-state index contributed by atoms with van der Waals surface area (Å²) in [7, 11) is 0. The number of carbonyl (C=O) groups is 3. The van der Waals surface area contributed by atoms with Gasteiger partial charge in [-0.3, -0.25) is 14.4 Å². The van der Waals surface area contributed by atoms with E-state index < -0.39 is 29.2 Å². The van der Waals surface area contributed by atoms with Gasteiger partial charge in [0.1, 0.15) is 23.9 Å². The molecule has 8 nitrogen and oxygen atoms in total. The lowest BCUT2D eigenvalue weighted by Gasteiger charge is -2.66. The molecule has 5 aliphatic rings. The van der Waals surface area contributed by atoms with Crippen molar-refractivity contribution in [2.45, 2.75) is 150 Å². The number of rotatable bonds is 6. The average Bonchev–Trinajstić information content (AvgIpc) is 3.31. The summed E-state index contributed by atoms with van der Waals surface area (Å²) in [5.41, 5.74) is -2.24. The summed E-state index contributed by atoms with van der Waals surface area (Å²) in [5.74, 6) is -0.379. The van der Waals surface area contributed by atoms with E-state index in [1.165, 1.54) is 6.92 Å². The first-order valence-electron chi connectivity index (χ1n) is 16.9. The second-order valence-electron chi connectivity index (χ2n) is 16.5. The molecule has 0 spiro atoms. The van der Waals surface area contributed by atoms with Gasteiger partial charge in [0.2, 0.25) is 0 Å². The van der Waals surface area contributed by atoms with E-state index in [-0.39, 0.29) is 83.3 Å². The number of fused-ring (bicyclic) bond motifs is 5. The van der Waals surface area contributed by atoms with Gasteiger partial charge in [-0.1, -0.05) is 41.0 Å². The zero-order chi connectivity index (χ0) is 31.7. The molecule has 0 aromatic rings. The molecular weight excluding hydrogens is 548 g/mol. The van der Waals surface area contributed by atoms with Crippen LogP contribution in [0.3, 0.4) is 0 Å². The van der Waals surface area contributed by atoms with Gasteiger partial charge < -0.3 is 24.4 Å². The third kappa shape index (κ3) is 5.44. The predicted octanol–water partition coefficient (Wildman–Crippen LogP) is 5.60. The van der Waals surface area contributed by atoms with Gasteiger partial charge in [0.25, 0.3) is 0 Å². The van der Waals surface area contributed by atoms with Gasteiger partial charge in [-0.25, -0.2) is 0 Å². The molecule has 244 valence electrons. The molecule has 0 unspecified atom stereocenters. The fourth-order valence-corrected chi connectivity index (χ4v) is 10.5. The minimum atomic E-state index is -1.30. The quantitative estimate of drug-likeness (QED) is 0.297. The van der Waals surface area contributed by atoms with Gasteiger partial charge in [-0.2, -0.15) is 0 Å². The van der Waals surface area contributed by atoms with Gasteiger partial charge in [0.15, 0.2) is 0 Å². The number of hydrogen-bond acceptors (Lipinski definition) is 8. The van der Waals surface area contributed by atoms with E-state index >= 15 is 0 Å². The molecule has 1 saturated heterocycles. The van der Waals surface area contributed by atoms with Gasteiger partial charge in [-0.15, -0.1) is 0 Å². The largest absolute Gasteiger partial charge is 0.462 e. The second-order valence-corrected chi connectivity index (χ2v) is 16.5. The van der Waals surface area contributed by atoms with Crippen molar-refractivity contribution < 1.29 is 38.8 Å². The number of esters is 3. The smallest absolute Gasteiger partial charge is 0.311 e. The zero-order valence-corrected chi connectivity index (χ0v) is 27.7. The van der Waals surface area contributed by atoms with Crippen molar-refractivity contribution in [2.24, 2.45) is 51.8 Å². The molecule has 8 heteroatoms. The standard InChI is InChI=1S/C35H56O8/c1-9-32(5,6)31(39)43-27-16-24-30(23-11-10-12-33(23,27)7)26(41-20(4)36)13-21-17-35(40,25(19(2)3)18-34(21,24)8)28-14-22(37)15-29(38)42-28/h19,21-28,30,37,40H,9-18H2,1-8H3/t21-,22+,23+,24+,25-,26-,27+,28+,30+,33-,34+,35+/m1/s1. The SMILES string of the molecule is CCC(C)(C)C(=O)O[C@H]1C[C@H]2[C@@H]([C@H](OC(C)=O)C[C@@H]3C[C@@](O)([C@@H]4C[C@H](O)CC(=O)O4)[C@@H](C(C)C)C[C@@]32C)[C@@H]2CCC[C@@]12C. The van der Waals surface area contributed by atoms with Crippen molar-refractivity contribution in [1.29, 1.82) is 0 Å². The van der Waals surface area contributed by atoms with Crippen LogP contribution >= 0.6 is 0 Å². The molecule has 0 amide bonds. The van der Waals surface area contributed by atoms with Crippen LogP contribution in [0, 0.1) is 51.8 Å². The van der Waals surface area contributed by atoms with Crippen LogP contribution in [-0.4, -0.2) is 58.1 Å². The highest BCUT2D eigenvalue weighted by atomic mass is 16.6. The van der Waals surface area contributed by atoms with Crippen LogP contribution in [-0.2, 0) is 28.6 Å². The van der Waals surface area contributed by atoms with E-state index in [1.807, 2.05) is 20.8 Å². The van der Waals surface area contributed by atoms with Crippen LogP contribution in [0.5, 0.6) is 0 Å². The molecule has 5 fully saturated rings. The topological polar surface area (TPSA) is 119 Å². The van der Waals surface area contributed by atoms with Gasteiger partial charge in [0, 0.05) is 24.7 Å². The summed E-state index contributed by atoms with van der Waals surface area (Å²) in [5, 5.41) is 23.0. The molecular formula is C35H56O8. The molecule has 0 aromatic heterocycles. The Morgan fingerprint density at radius 2 is 1.77 bits per heavy atom. The maximum Gasteiger partial charge on any atom is 0.311 e. The molecule has 0 bridgehead atoms. The summed E-state index contributed by atoms with van der Waals surface area (Å²) in [6.07, 6.45) is 4.34. The Morgan fingerprint density at radius 3 is 2.37 bits per heavy atom. The van der Waals surface area contributed by atoms with E-state index in [0.717, 1.165) is 25.7 Å². The lowest BCUT2D eigenvalue weighted by molar-refractivity contribution is -0.256. The third-order valence-electron chi connectivity index (χ3n) is 13.3. The number of hydrogen-bond donors (Lipinski definition) is 2. The zero-order valence-electron chi connectivity index (χ0n) is 27.7. The van der Waals surface area contributed by atoms with Crippen molar-refractivity contribution in [1.82, 2.24) is 0 Å². The van der Waals surface area contributed by atoms with Crippen molar-refractivity contribution in [3.05, 3.63) is 0 Å². The van der Waals surface area contributed by atoms with Crippen molar-refractivity contribution in [2.75, 3.05) is 0 Å². The van der Waals surface area contributed by atoms with Crippen molar-refractivity contribution >= 4 is 17.9 Å². The molecule has 1 aliphatic heterocycles. The summed E-state index contributed by atoms with van der Waals surface area (Å²) >= 11 is 0. The number of aliphatic hydroxyl groups is 2. The van der Waals surface area contributed by atoms with E-state index in [2.05, 4.69) is 27.7 Å². The number of cyclic esters (lactones) is 1. The highest BCUT2D eigenvalue weighted by Gasteiger charge is 2.68. The van der Waals surface area contributed by atoms with E-state index in [9.17, 15) is 24.6 Å². The van der Waals surface area contributed by atoms with Crippen LogP contribution < -0.4 is 0 Å². The van der Waals surface area contributed by atoms with Crippen LogP contribution in [0.25, 0.3) is 0 Å². The van der Waals surface area contributed by atoms with Gasteiger partial charge >= 0.3 is 17.9 Å². The molecule has 4 aliphatic carbocycles. The number of carbonyl (C=O) groups excluding carboxylic acids is 3. The van der Waals surface area contributed by atoms with Crippen LogP contribution in [0.1, 0.15) is 120 Å². The minimum absolute atomic E-state index is 0.00469. The Labute approximate surface area is 258 Å². The Hall–Kier alpha value is -1.67. The van der Waals surface area contributed by atoms with Gasteiger partial charge in [-0.05, 0) is 93.8 Å². The summed E-state index contributed by atoms with van der Waals surface area (Å²) in [4.78, 5) is 38.4. The number of aliphatic hydroxyl groups excluding tert-OH is 1. The molecule has 0 aromatic carbocycles. The molecule has 12 atom stereocenters. The Bertz CT molecular complexity index is 1100. The summed E-state index contributed by atoms with van der Waals surface area (Å²) in [6, 6.07) is 0. The molecule has 43 heavy (non-hydrogen) atoms. The highest BCUT2D eigenvalue weighted by Crippen LogP contribution is 2.69. The number of ether oxygens (including phenoxy) is 3. The van der Waals surface area contributed by atoms with E-state index in [1.54, 1.807) is 0 Å². The second kappa shape index (κ2) is 11.3. The van der Waals surface area contributed by atoms with Crippen LogP contribution in [0.15, 0.2) is 0 Å². The van der Waals surface area contributed by atoms with Gasteiger partial charge in [0.05, 0.1) is 17.9 Å². The lowest BCUT2D eigenvalue weighted by atomic mass is 9.41. The minimum Gasteiger partial charge on any atom is -0.462 e. The maximum atomic E-state index is 13.5. The first-order chi connectivity index (χ1) is 20.0. The summed E-state index contributed by atoms with van der Waals surface area (Å²) in [6.45, 7) is 16.3. The maximum absolute atomic E-state index is 13.5. The van der Waals surface area contributed by atoms with Crippen LogP contribution in [0.4, 0.5) is 0 Å². The fraction of sp³-hybridized carbons (Fsp3) is 0.914. The van der Waals surface area contributed by atoms with Crippen molar-refractivity contribution in [3.63, 3.8) is 0 Å². The normalized spacial score (nSPS) is 46.3. The molecule has 1 heterocycles. The highest BCUT2D eigenvalue weighted by molar-refractivity contribution is 5.76.